The van der Waals surface area contributed by atoms with E-state index in [2.05, 4.69) is 20.2 Å². The molecule has 33 heavy (non-hydrogen) atoms. The van der Waals surface area contributed by atoms with Gasteiger partial charge in [0.15, 0.2) is 5.16 Å². The number of anilines is 1. The van der Waals surface area contributed by atoms with E-state index in [1.807, 2.05) is 56.3 Å². The Morgan fingerprint density at radius 2 is 2.03 bits per heavy atom. The summed E-state index contributed by atoms with van der Waals surface area (Å²) >= 11 is 1.24. The van der Waals surface area contributed by atoms with E-state index in [-0.39, 0.29) is 17.2 Å². The SMILES string of the molecule is COc1ccccc1CN1CCc2nc(SCC(=O)Nc3ccc(C)c(C)c3)[nH]c(=O)c2C1. The Bertz CT molecular complexity index is 1220. The molecule has 0 radical (unpaired) electrons. The summed E-state index contributed by atoms with van der Waals surface area (Å²) in [5.41, 5.74) is 5.54. The van der Waals surface area contributed by atoms with Gasteiger partial charge in [0.25, 0.3) is 5.56 Å². The van der Waals surface area contributed by atoms with Crippen molar-refractivity contribution in [2.75, 3.05) is 24.7 Å². The number of aromatic nitrogens is 2. The van der Waals surface area contributed by atoms with Gasteiger partial charge >= 0.3 is 0 Å². The second-order valence-corrected chi connectivity index (χ2v) is 9.17. The summed E-state index contributed by atoms with van der Waals surface area (Å²) in [6.07, 6.45) is 0.691. The quantitative estimate of drug-likeness (QED) is 0.410. The molecule has 0 saturated carbocycles. The van der Waals surface area contributed by atoms with Crippen LogP contribution in [0, 0.1) is 13.8 Å². The van der Waals surface area contributed by atoms with Crippen LogP contribution in [0.15, 0.2) is 52.4 Å². The zero-order valence-electron chi connectivity index (χ0n) is 19.1. The lowest BCUT2D eigenvalue weighted by molar-refractivity contribution is -0.113. The molecule has 0 aliphatic carbocycles. The number of para-hydroxylation sites is 1. The number of fused-ring (bicyclic) bond motifs is 1. The van der Waals surface area contributed by atoms with Crippen molar-refractivity contribution < 1.29 is 9.53 Å². The van der Waals surface area contributed by atoms with E-state index in [9.17, 15) is 9.59 Å². The van der Waals surface area contributed by atoms with Gasteiger partial charge in [-0.25, -0.2) is 4.98 Å². The fourth-order valence-corrected chi connectivity index (χ4v) is 4.57. The van der Waals surface area contributed by atoms with Gasteiger partial charge in [0, 0.05) is 37.3 Å². The fourth-order valence-electron chi connectivity index (χ4n) is 3.89. The average molecular weight is 465 g/mol. The number of rotatable bonds is 7. The van der Waals surface area contributed by atoms with E-state index in [4.69, 9.17) is 4.74 Å². The number of aromatic amines is 1. The lowest BCUT2D eigenvalue weighted by Gasteiger charge is -2.28. The molecular weight excluding hydrogens is 436 g/mol. The van der Waals surface area contributed by atoms with Crippen molar-refractivity contribution >= 4 is 23.4 Å². The van der Waals surface area contributed by atoms with Crippen molar-refractivity contribution in [3.8, 4) is 5.75 Å². The first-order chi connectivity index (χ1) is 15.9. The number of amides is 1. The molecule has 1 aliphatic heterocycles. The highest BCUT2D eigenvalue weighted by atomic mass is 32.2. The maximum Gasteiger partial charge on any atom is 0.256 e. The molecule has 2 aromatic carbocycles. The molecule has 1 aromatic heterocycles. The number of H-pyrrole nitrogens is 1. The minimum Gasteiger partial charge on any atom is -0.496 e. The van der Waals surface area contributed by atoms with Crippen LogP contribution in [0.5, 0.6) is 5.75 Å². The molecule has 0 atom stereocenters. The van der Waals surface area contributed by atoms with E-state index in [0.717, 1.165) is 34.8 Å². The van der Waals surface area contributed by atoms with Crippen LogP contribution in [0.2, 0.25) is 0 Å². The van der Waals surface area contributed by atoms with E-state index < -0.39 is 0 Å². The Kier molecular flexibility index (Phi) is 7.15. The van der Waals surface area contributed by atoms with Gasteiger partial charge in [-0.1, -0.05) is 36.0 Å². The number of hydrogen-bond donors (Lipinski definition) is 2. The lowest BCUT2D eigenvalue weighted by Crippen LogP contribution is -2.35. The number of carbonyl (C=O) groups excluding carboxylic acids is 1. The first-order valence-electron chi connectivity index (χ1n) is 10.9. The second kappa shape index (κ2) is 10.2. The van der Waals surface area contributed by atoms with Crippen LogP contribution < -0.4 is 15.6 Å². The topological polar surface area (TPSA) is 87.3 Å². The third-order valence-corrected chi connectivity index (χ3v) is 6.72. The summed E-state index contributed by atoms with van der Waals surface area (Å²) < 4.78 is 5.45. The predicted molar refractivity (Wildman–Crippen MR) is 131 cm³/mol. The molecule has 8 heteroatoms. The molecule has 3 aromatic rings. The molecule has 1 amide bonds. The molecule has 7 nitrogen and oxygen atoms in total. The van der Waals surface area contributed by atoms with Gasteiger partial charge in [-0.05, 0) is 43.2 Å². The Balaban J connectivity index is 1.38. The Labute approximate surface area is 197 Å². The van der Waals surface area contributed by atoms with Crippen molar-refractivity contribution in [2.45, 2.75) is 38.5 Å². The highest BCUT2D eigenvalue weighted by Crippen LogP contribution is 2.23. The summed E-state index contributed by atoms with van der Waals surface area (Å²) in [5.74, 6) is 0.891. The number of aryl methyl sites for hydroxylation is 2. The number of hydrogen-bond acceptors (Lipinski definition) is 6. The molecule has 172 valence electrons. The van der Waals surface area contributed by atoms with E-state index >= 15 is 0 Å². The summed E-state index contributed by atoms with van der Waals surface area (Å²) in [6.45, 7) is 6.09. The van der Waals surface area contributed by atoms with Crippen LogP contribution in [0.25, 0.3) is 0 Å². The number of thioether (sulfide) groups is 1. The van der Waals surface area contributed by atoms with Gasteiger partial charge in [-0.2, -0.15) is 0 Å². The normalized spacial score (nSPS) is 13.4. The molecule has 0 fully saturated rings. The number of carbonyl (C=O) groups is 1. The summed E-state index contributed by atoms with van der Waals surface area (Å²) in [4.78, 5) is 34.8. The van der Waals surface area contributed by atoms with Crippen molar-refractivity contribution in [3.63, 3.8) is 0 Å². The molecule has 1 aliphatic rings. The van der Waals surface area contributed by atoms with Crippen molar-refractivity contribution in [3.05, 3.63) is 80.8 Å². The number of ether oxygens (including phenoxy) is 1. The largest absolute Gasteiger partial charge is 0.496 e. The van der Waals surface area contributed by atoms with E-state index in [1.54, 1.807) is 7.11 Å². The molecule has 0 saturated heterocycles. The van der Waals surface area contributed by atoms with Crippen molar-refractivity contribution in [1.29, 1.82) is 0 Å². The maximum absolute atomic E-state index is 12.8. The first-order valence-corrected chi connectivity index (χ1v) is 11.9. The third kappa shape index (κ3) is 5.64. The highest BCUT2D eigenvalue weighted by molar-refractivity contribution is 7.99. The van der Waals surface area contributed by atoms with Gasteiger partial charge in [-0.15, -0.1) is 0 Å². The Morgan fingerprint density at radius 3 is 2.82 bits per heavy atom. The van der Waals surface area contributed by atoms with Gasteiger partial charge in [0.1, 0.15) is 5.75 Å². The summed E-state index contributed by atoms with van der Waals surface area (Å²) in [6, 6.07) is 13.8. The molecule has 2 heterocycles. The molecule has 0 unspecified atom stereocenters. The molecule has 2 N–H and O–H groups in total. The number of nitrogens with one attached hydrogen (secondary N) is 2. The van der Waals surface area contributed by atoms with Gasteiger partial charge in [-0.3, -0.25) is 14.5 Å². The molecule has 4 rings (SSSR count). The Hall–Kier alpha value is -3.10. The lowest BCUT2D eigenvalue weighted by atomic mass is 10.1. The van der Waals surface area contributed by atoms with Gasteiger partial charge in [0.05, 0.1) is 24.1 Å². The minimum absolute atomic E-state index is 0.133. The fraction of sp³-hybridized carbons (Fsp3) is 0.320. The number of benzene rings is 2. The first kappa shape index (κ1) is 23.1. The zero-order valence-corrected chi connectivity index (χ0v) is 19.9. The molecular formula is C25H28N4O3S. The minimum atomic E-state index is -0.137. The Morgan fingerprint density at radius 1 is 1.21 bits per heavy atom. The molecule has 0 bridgehead atoms. The van der Waals surface area contributed by atoms with Crippen LogP contribution in [0.1, 0.15) is 27.9 Å². The van der Waals surface area contributed by atoms with Gasteiger partial charge < -0.3 is 15.0 Å². The standard InChI is InChI=1S/C25H28N4O3S/c1-16-8-9-19(12-17(16)2)26-23(30)15-33-25-27-21-10-11-29(14-20(21)24(31)28-25)13-18-6-4-5-7-22(18)32-3/h4-9,12H,10-11,13-15H2,1-3H3,(H,26,30)(H,27,28,31). The van der Waals surface area contributed by atoms with E-state index in [1.165, 1.54) is 17.3 Å². The van der Waals surface area contributed by atoms with Crippen LogP contribution in [0.3, 0.4) is 0 Å². The second-order valence-electron chi connectivity index (χ2n) is 8.20. The van der Waals surface area contributed by atoms with Gasteiger partial charge in [0.2, 0.25) is 5.91 Å². The molecule has 0 spiro atoms. The van der Waals surface area contributed by atoms with Crippen LogP contribution in [-0.4, -0.2) is 40.2 Å². The maximum atomic E-state index is 12.8. The third-order valence-electron chi connectivity index (χ3n) is 5.84. The predicted octanol–water partition coefficient (Wildman–Crippen LogP) is 3.68. The van der Waals surface area contributed by atoms with Crippen molar-refractivity contribution in [1.82, 2.24) is 14.9 Å². The van der Waals surface area contributed by atoms with Crippen LogP contribution in [-0.2, 0) is 24.3 Å². The summed E-state index contributed by atoms with van der Waals surface area (Å²) in [7, 11) is 1.67. The monoisotopic (exact) mass is 464 g/mol. The average Bonchev–Trinajstić information content (AvgIpc) is 2.81. The summed E-state index contributed by atoms with van der Waals surface area (Å²) in [5, 5.41) is 3.38. The zero-order chi connectivity index (χ0) is 23.4. The van der Waals surface area contributed by atoms with Crippen LogP contribution in [0.4, 0.5) is 5.69 Å². The number of nitrogens with zero attached hydrogens (tertiary/aromatic N) is 2. The van der Waals surface area contributed by atoms with Crippen molar-refractivity contribution in [2.24, 2.45) is 0 Å². The van der Waals surface area contributed by atoms with Crippen LogP contribution >= 0.6 is 11.8 Å². The number of methoxy groups -OCH3 is 1. The highest BCUT2D eigenvalue weighted by Gasteiger charge is 2.22. The smallest absolute Gasteiger partial charge is 0.256 e. The van der Waals surface area contributed by atoms with E-state index in [0.29, 0.717) is 30.2 Å².